The highest BCUT2D eigenvalue weighted by Crippen LogP contribution is 2.17. The van der Waals surface area contributed by atoms with Crippen LogP contribution < -0.4 is 0 Å². The Hall–Kier alpha value is -0.530. The monoisotopic (exact) mass is 184 g/mol. The van der Waals surface area contributed by atoms with Gasteiger partial charge in [-0.2, -0.15) is 0 Å². The van der Waals surface area contributed by atoms with Crippen LogP contribution in [0.5, 0.6) is 0 Å². The Morgan fingerprint density at radius 1 is 1.42 bits per heavy atom. The van der Waals surface area contributed by atoms with Crippen LogP contribution in [0.1, 0.15) is 11.1 Å². The molecule has 0 spiro atoms. The van der Waals surface area contributed by atoms with Crippen molar-refractivity contribution in [3.63, 3.8) is 0 Å². The van der Waals surface area contributed by atoms with E-state index in [1.165, 1.54) is 5.56 Å². The Kier molecular flexibility index (Phi) is 3.57. The third kappa shape index (κ3) is 2.50. The van der Waals surface area contributed by atoms with Crippen molar-refractivity contribution < 1.29 is 4.74 Å². The van der Waals surface area contributed by atoms with Gasteiger partial charge in [0.1, 0.15) is 0 Å². The normalized spacial score (nSPS) is 10.2. The van der Waals surface area contributed by atoms with E-state index in [1.54, 1.807) is 7.11 Å². The number of rotatable bonds is 3. The lowest BCUT2D eigenvalue weighted by Gasteiger charge is -2.03. The van der Waals surface area contributed by atoms with E-state index in [0.717, 1.165) is 23.6 Å². The second kappa shape index (κ2) is 4.48. The van der Waals surface area contributed by atoms with Gasteiger partial charge in [0.15, 0.2) is 0 Å². The van der Waals surface area contributed by atoms with E-state index >= 15 is 0 Å². The van der Waals surface area contributed by atoms with Gasteiger partial charge in [-0.15, -0.1) is 0 Å². The summed E-state index contributed by atoms with van der Waals surface area (Å²) in [6, 6.07) is 6.10. The number of benzene rings is 1. The first-order chi connectivity index (χ1) is 5.74. The van der Waals surface area contributed by atoms with Crippen molar-refractivity contribution in [1.29, 1.82) is 0 Å². The van der Waals surface area contributed by atoms with Gasteiger partial charge in [-0.05, 0) is 30.5 Å². The fourth-order valence-electron chi connectivity index (χ4n) is 1.07. The molecule has 0 heterocycles. The quantitative estimate of drug-likeness (QED) is 0.702. The lowest BCUT2D eigenvalue weighted by atomic mass is 10.1. The molecule has 0 amide bonds. The fourth-order valence-corrected chi connectivity index (χ4v) is 1.40. The van der Waals surface area contributed by atoms with Crippen LogP contribution in [-0.4, -0.2) is 13.7 Å². The molecule has 0 N–H and O–H groups in total. The molecule has 0 saturated carbocycles. The van der Waals surface area contributed by atoms with Gasteiger partial charge in [0, 0.05) is 12.1 Å². The predicted octanol–water partition coefficient (Wildman–Crippen LogP) is 2.84. The molecule has 0 unspecified atom stereocenters. The highest BCUT2D eigenvalue weighted by Gasteiger charge is 1.98. The van der Waals surface area contributed by atoms with E-state index in [4.69, 9.17) is 16.3 Å². The minimum absolute atomic E-state index is 0.725. The van der Waals surface area contributed by atoms with Crippen molar-refractivity contribution in [3.8, 4) is 0 Å². The zero-order valence-electron chi connectivity index (χ0n) is 7.43. The molecule has 0 aliphatic carbocycles. The third-order valence-electron chi connectivity index (χ3n) is 1.78. The molecular weight excluding hydrogens is 172 g/mol. The number of aryl methyl sites for hydroxylation is 1. The van der Waals surface area contributed by atoms with E-state index in [1.807, 2.05) is 13.0 Å². The van der Waals surface area contributed by atoms with Crippen LogP contribution in [0, 0.1) is 6.92 Å². The maximum absolute atomic E-state index is 6.01. The molecule has 66 valence electrons. The average Bonchev–Trinajstić information content (AvgIpc) is 2.03. The van der Waals surface area contributed by atoms with Gasteiger partial charge in [0.05, 0.1) is 6.61 Å². The second-order valence-corrected chi connectivity index (χ2v) is 3.24. The van der Waals surface area contributed by atoms with E-state index in [-0.39, 0.29) is 0 Å². The van der Waals surface area contributed by atoms with Gasteiger partial charge >= 0.3 is 0 Å². The van der Waals surface area contributed by atoms with Crippen molar-refractivity contribution in [2.75, 3.05) is 13.7 Å². The van der Waals surface area contributed by atoms with Gasteiger partial charge in [-0.1, -0.05) is 23.7 Å². The lowest BCUT2D eigenvalue weighted by molar-refractivity contribution is 0.202. The molecule has 1 aromatic rings. The Labute approximate surface area is 78.3 Å². The minimum atomic E-state index is 0.725. The molecule has 0 radical (unpaired) electrons. The van der Waals surface area contributed by atoms with Crippen LogP contribution >= 0.6 is 11.6 Å². The SMILES string of the molecule is COCCc1ccc(C)cc1Cl. The molecule has 2 heteroatoms. The summed E-state index contributed by atoms with van der Waals surface area (Å²) in [4.78, 5) is 0. The summed E-state index contributed by atoms with van der Waals surface area (Å²) in [5, 5.41) is 0.840. The Morgan fingerprint density at radius 3 is 2.75 bits per heavy atom. The molecule has 0 aliphatic heterocycles. The first kappa shape index (κ1) is 9.56. The van der Waals surface area contributed by atoms with E-state index < -0.39 is 0 Å². The zero-order chi connectivity index (χ0) is 8.97. The summed E-state index contributed by atoms with van der Waals surface area (Å²) in [6.45, 7) is 2.76. The van der Waals surface area contributed by atoms with Gasteiger partial charge in [-0.25, -0.2) is 0 Å². The van der Waals surface area contributed by atoms with Crippen molar-refractivity contribution >= 4 is 11.6 Å². The van der Waals surface area contributed by atoms with E-state index in [2.05, 4.69) is 12.1 Å². The molecular formula is C10H13ClO. The van der Waals surface area contributed by atoms with Gasteiger partial charge in [0.25, 0.3) is 0 Å². The van der Waals surface area contributed by atoms with Crippen molar-refractivity contribution in [2.24, 2.45) is 0 Å². The molecule has 0 aromatic heterocycles. The topological polar surface area (TPSA) is 9.23 Å². The largest absolute Gasteiger partial charge is 0.384 e. The Morgan fingerprint density at radius 2 is 2.17 bits per heavy atom. The maximum atomic E-state index is 6.01. The second-order valence-electron chi connectivity index (χ2n) is 2.84. The molecule has 0 fully saturated rings. The van der Waals surface area contributed by atoms with Crippen LogP contribution in [0.25, 0.3) is 0 Å². The fraction of sp³-hybridized carbons (Fsp3) is 0.400. The molecule has 0 bridgehead atoms. The summed E-state index contributed by atoms with van der Waals surface area (Å²) >= 11 is 6.01. The van der Waals surface area contributed by atoms with Crippen LogP contribution in [0.4, 0.5) is 0 Å². The minimum Gasteiger partial charge on any atom is -0.384 e. The molecule has 0 saturated heterocycles. The Bertz CT molecular complexity index is 258. The summed E-state index contributed by atoms with van der Waals surface area (Å²) in [7, 11) is 1.70. The van der Waals surface area contributed by atoms with Crippen molar-refractivity contribution in [1.82, 2.24) is 0 Å². The third-order valence-corrected chi connectivity index (χ3v) is 2.14. The van der Waals surface area contributed by atoms with Crippen LogP contribution in [0.2, 0.25) is 5.02 Å². The smallest absolute Gasteiger partial charge is 0.0503 e. The zero-order valence-corrected chi connectivity index (χ0v) is 8.19. The van der Waals surface area contributed by atoms with Crippen LogP contribution in [-0.2, 0) is 11.2 Å². The van der Waals surface area contributed by atoms with Gasteiger partial charge in [-0.3, -0.25) is 0 Å². The summed E-state index contributed by atoms with van der Waals surface area (Å²) in [5.74, 6) is 0. The van der Waals surface area contributed by atoms with Crippen molar-refractivity contribution in [3.05, 3.63) is 34.3 Å². The number of hydrogen-bond donors (Lipinski definition) is 0. The van der Waals surface area contributed by atoms with E-state index in [0.29, 0.717) is 0 Å². The summed E-state index contributed by atoms with van der Waals surface area (Å²) < 4.78 is 4.97. The summed E-state index contributed by atoms with van der Waals surface area (Å²) in [6.07, 6.45) is 0.885. The maximum Gasteiger partial charge on any atom is 0.0503 e. The average molecular weight is 185 g/mol. The van der Waals surface area contributed by atoms with Crippen LogP contribution in [0.15, 0.2) is 18.2 Å². The highest BCUT2D eigenvalue weighted by molar-refractivity contribution is 6.31. The van der Waals surface area contributed by atoms with E-state index in [9.17, 15) is 0 Å². The van der Waals surface area contributed by atoms with Crippen molar-refractivity contribution in [2.45, 2.75) is 13.3 Å². The number of hydrogen-bond acceptors (Lipinski definition) is 1. The number of ether oxygens (including phenoxy) is 1. The predicted molar refractivity (Wildman–Crippen MR) is 51.8 cm³/mol. The van der Waals surface area contributed by atoms with Gasteiger partial charge in [0.2, 0.25) is 0 Å². The molecule has 0 aliphatic rings. The number of methoxy groups -OCH3 is 1. The molecule has 1 rings (SSSR count). The molecule has 1 nitrogen and oxygen atoms in total. The highest BCUT2D eigenvalue weighted by atomic mass is 35.5. The molecule has 0 atom stereocenters. The molecule has 12 heavy (non-hydrogen) atoms. The molecule has 1 aromatic carbocycles. The van der Waals surface area contributed by atoms with Crippen LogP contribution in [0.3, 0.4) is 0 Å². The first-order valence-corrected chi connectivity index (χ1v) is 4.36. The summed E-state index contributed by atoms with van der Waals surface area (Å²) in [5.41, 5.74) is 2.35. The Balaban J connectivity index is 2.72. The van der Waals surface area contributed by atoms with Gasteiger partial charge < -0.3 is 4.74 Å². The standard InChI is InChI=1S/C10H13ClO/c1-8-3-4-9(5-6-12-2)10(11)7-8/h3-4,7H,5-6H2,1-2H3. The first-order valence-electron chi connectivity index (χ1n) is 3.98. The number of halogens is 1. The lowest BCUT2D eigenvalue weighted by Crippen LogP contribution is -1.95.